The van der Waals surface area contributed by atoms with Crippen molar-refractivity contribution in [3.8, 4) is 5.75 Å². The molecule has 1 atom stereocenters. The van der Waals surface area contributed by atoms with E-state index in [2.05, 4.69) is 5.32 Å². The van der Waals surface area contributed by atoms with E-state index in [1.807, 2.05) is 24.9 Å². The number of carbonyl (C=O) groups excluding carboxylic acids is 1. The number of halogens is 1. The molecule has 0 aromatic heterocycles. The first-order valence-electron chi connectivity index (χ1n) is 6.95. The van der Waals surface area contributed by atoms with Crippen LogP contribution in [0.2, 0.25) is 5.02 Å². The molecule has 1 N–H and O–H groups in total. The van der Waals surface area contributed by atoms with Gasteiger partial charge in [0.2, 0.25) is 0 Å². The van der Waals surface area contributed by atoms with Gasteiger partial charge in [-0.2, -0.15) is 0 Å². The fourth-order valence-electron chi connectivity index (χ4n) is 2.55. The van der Waals surface area contributed by atoms with Crippen molar-refractivity contribution in [1.29, 1.82) is 0 Å². The van der Waals surface area contributed by atoms with E-state index >= 15 is 0 Å². The van der Waals surface area contributed by atoms with Crippen molar-refractivity contribution in [3.05, 3.63) is 28.8 Å². The van der Waals surface area contributed by atoms with E-state index in [4.69, 9.17) is 16.3 Å². The van der Waals surface area contributed by atoms with Gasteiger partial charge in [0.1, 0.15) is 5.75 Å². The molecule has 1 unspecified atom stereocenters. The second-order valence-electron chi connectivity index (χ2n) is 5.14. The Bertz CT molecular complexity index is 479. The summed E-state index contributed by atoms with van der Waals surface area (Å²) in [7, 11) is 1.91. The Morgan fingerprint density at radius 3 is 3.05 bits per heavy atom. The number of nitrogens with one attached hydrogen (secondary N) is 1. The standard InChI is InChI=1S/C15H21ClN2O2/c1-11-8-13(5-6-14(11)16)20-10-15(19)18-7-3-4-12(18)9-17-2/h5-6,8,12,17H,3-4,7,9-10H2,1-2H3. The van der Waals surface area contributed by atoms with Crippen molar-refractivity contribution in [2.24, 2.45) is 0 Å². The number of amides is 1. The van der Waals surface area contributed by atoms with Crippen LogP contribution < -0.4 is 10.1 Å². The molecule has 1 aromatic rings. The number of hydrogen-bond acceptors (Lipinski definition) is 3. The first kappa shape index (κ1) is 15.1. The van der Waals surface area contributed by atoms with Gasteiger partial charge in [-0.25, -0.2) is 0 Å². The summed E-state index contributed by atoms with van der Waals surface area (Å²) in [5.74, 6) is 0.736. The monoisotopic (exact) mass is 296 g/mol. The van der Waals surface area contributed by atoms with E-state index < -0.39 is 0 Å². The van der Waals surface area contributed by atoms with Gasteiger partial charge in [0.05, 0.1) is 0 Å². The molecule has 1 aliphatic heterocycles. The predicted octanol–water partition coefficient (Wildman–Crippen LogP) is 2.24. The molecule has 110 valence electrons. The number of ether oxygens (including phenoxy) is 1. The minimum atomic E-state index is 0.0513. The lowest BCUT2D eigenvalue weighted by molar-refractivity contribution is -0.134. The molecule has 1 heterocycles. The summed E-state index contributed by atoms with van der Waals surface area (Å²) in [5.41, 5.74) is 0.950. The second kappa shape index (κ2) is 6.95. The highest BCUT2D eigenvalue weighted by molar-refractivity contribution is 6.31. The second-order valence-corrected chi connectivity index (χ2v) is 5.55. The van der Waals surface area contributed by atoms with Gasteiger partial charge in [-0.1, -0.05) is 11.6 Å². The molecule has 0 saturated carbocycles. The van der Waals surface area contributed by atoms with E-state index in [0.717, 1.165) is 31.5 Å². The molecule has 2 rings (SSSR count). The zero-order valence-corrected chi connectivity index (χ0v) is 12.7. The van der Waals surface area contributed by atoms with Gasteiger partial charge >= 0.3 is 0 Å². The summed E-state index contributed by atoms with van der Waals surface area (Å²) in [6.07, 6.45) is 2.13. The van der Waals surface area contributed by atoms with Gasteiger partial charge in [0, 0.05) is 24.2 Å². The van der Waals surface area contributed by atoms with Crippen LogP contribution in [0.4, 0.5) is 0 Å². The zero-order chi connectivity index (χ0) is 14.5. The fraction of sp³-hybridized carbons (Fsp3) is 0.533. The van der Waals surface area contributed by atoms with E-state index in [9.17, 15) is 4.79 Å². The van der Waals surface area contributed by atoms with E-state index in [1.165, 1.54) is 0 Å². The molecule has 0 spiro atoms. The highest BCUT2D eigenvalue weighted by atomic mass is 35.5. The summed E-state index contributed by atoms with van der Waals surface area (Å²) >= 11 is 5.96. The molecule has 1 amide bonds. The molecule has 1 aliphatic rings. The molecule has 5 heteroatoms. The van der Waals surface area contributed by atoms with Gasteiger partial charge in [0.15, 0.2) is 6.61 Å². The Morgan fingerprint density at radius 1 is 1.55 bits per heavy atom. The first-order valence-corrected chi connectivity index (χ1v) is 7.32. The lowest BCUT2D eigenvalue weighted by Crippen LogP contribution is -2.43. The average Bonchev–Trinajstić information content (AvgIpc) is 2.88. The van der Waals surface area contributed by atoms with Gasteiger partial charge < -0.3 is 15.0 Å². The van der Waals surface area contributed by atoms with Crippen molar-refractivity contribution < 1.29 is 9.53 Å². The van der Waals surface area contributed by atoms with Gasteiger partial charge in [-0.15, -0.1) is 0 Å². The Hall–Kier alpha value is -1.26. The van der Waals surface area contributed by atoms with Gasteiger partial charge in [-0.05, 0) is 50.6 Å². The average molecular weight is 297 g/mol. The fourth-order valence-corrected chi connectivity index (χ4v) is 2.66. The van der Waals surface area contributed by atoms with Crippen LogP contribution >= 0.6 is 11.6 Å². The van der Waals surface area contributed by atoms with Gasteiger partial charge in [-0.3, -0.25) is 4.79 Å². The van der Waals surface area contributed by atoms with Crippen molar-refractivity contribution in [1.82, 2.24) is 10.2 Å². The Labute approximate surface area is 125 Å². The largest absolute Gasteiger partial charge is 0.484 e. The Balaban J connectivity index is 1.89. The number of carbonyl (C=O) groups is 1. The summed E-state index contributed by atoms with van der Waals surface area (Å²) < 4.78 is 5.57. The summed E-state index contributed by atoms with van der Waals surface area (Å²) in [4.78, 5) is 14.1. The van der Waals surface area contributed by atoms with Crippen LogP contribution in [-0.2, 0) is 4.79 Å². The van der Waals surface area contributed by atoms with E-state index in [0.29, 0.717) is 16.8 Å². The molecule has 1 saturated heterocycles. The molecule has 1 fully saturated rings. The number of benzene rings is 1. The lowest BCUT2D eigenvalue weighted by atomic mass is 10.2. The van der Waals surface area contributed by atoms with Crippen molar-refractivity contribution in [2.45, 2.75) is 25.8 Å². The summed E-state index contributed by atoms with van der Waals surface area (Å²) in [5, 5.41) is 3.84. The minimum Gasteiger partial charge on any atom is -0.484 e. The maximum atomic E-state index is 12.2. The highest BCUT2D eigenvalue weighted by Gasteiger charge is 2.28. The maximum Gasteiger partial charge on any atom is 0.260 e. The van der Waals surface area contributed by atoms with Crippen molar-refractivity contribution in [3.63, 3.8) is 0 Å². The number of nitrogens with zero attached hydrogens (tertiary/aromatic N) is 1. The van der Waals surface area contributed by atoms with E-state index in [-0.39, 0.29) is 12.5 Å². The van der Waals surface area contributed by atoms with Crippen LogP contribution in [0.1, 0.15) is 18.4 Å². The molecular formula is C15H21ClN2O2. The van der Waals surface area contributed by atoms with Crippen LogP contribution in [0.15, 0.2) is 18.2 Å². The highest BCUT2D eigenvalue weighted by Crippen LogP contribution is 2.22. The predicted molar refractivity (Wildman–Crippen MR) is 80.3 cm³/mol. The molecule has 0 aliphatic carbocycles. The van der Waals surface area contributed by atoms with Gasteiger partial charge in [0.25, 0.3) is 5.91 Å². The number of likely N-dealkylation sites (N-methyl/N-ethyl adjacent to an activating group) is 1. The Morgan fingerprint density at radius 2 is 2.35 bits per heavy atom. The number of likely N-dealkylation sites (tertiary alicyclic amines) is 1. The van der Waals surface area contributed by atoms with Crippen LogP contribution in [0.25, 0.3) is 0 Å². The summed E-state index contributed by atoms with van der Waals surface area (Å²) in [6.45, 7) is 3.67. The number of hydrogen-bond donors (Lipinski definition) is 1. The third-order valence-electron chi connectivity index (χ3n) is 3.63. The molecular weight excluding hydrogens is 276 g/mol. The quantitative estimate of drug-likeness (QED) is 0.906. The molecule has 0 bridgehead atoms. The molecule has 1 aromatic carbocycles. The smallest absolute Gasteiger partial charge is 0.260 e. The minimum absolute atomic E-state index is 0.0513. The van der Waals surface area contributed by atoms with Crippen molar-refractivity contribution in [2.75, 3.05) is 26.7 Å². The van der Waals surface area contributed by atoms with Crippen LogP contribution in [0.3, 0.4) is 0 Å². The molecule has 0 radical (unpaired) electrons. The van der Waals surface area contributed by atoms with Crippen LogP contribution in [-0.4, -0.2) is 43.6 Å². The number of rotatable bonds is 5. The topological polar surface area (TPSA) is 41.6 Å². The van der Waals surface area contributed by atoms with Crippen molar-refractivity contribution >= 4 is 17.5 Å². The third-order valence-corrected chi connectivity index (χ3v) is 4.05. The Kier molecular flexibility index (Phi) is 5.26. The first-order chi connectivity index (χ1) is 9.61. The van der Waals surface area contributed by atoms with E-state index in [1.54, 1.807) is 12.1 Å². The van der Waals surface area contributed by atoms with Crippen LogP contribution in [0.5, 0.6) is 5.75 Å². The summed E-state index contributed by atoms with van der Waals surface area (Å²) in [6, 6.07) is 5.72. The SMILES string of the molecule is CNCC1CCCN1C(=O)COc1ccc(Cl)c(C)c1. The maximum absolute atomic E-state index is 12.2. The molecule has 4 nitrogen and oxygen atoms in total. The zero-order valence-electron chi connectivity index (χ0n) is 12.0. The normalized spacial score (nSPS) is 18.4. The number of aryl methyl sites for hydroxylation is 1. The molecule has 20 heavy (non-hydrogen) atoms. The third kappa shape index (κ3) is 3.64. The van der Waals surface area contributed by atoms with Crippen LogP contribution in [0, 0.1) is 6.92 Å². The lowest BCUT2D eigenvalue weighted by Gasteiger charge is -2.24.